The lowest BCUT2D eigenvalue weighted by atomic mass is 9.91. The van der Waals surface area contributed by atoms with Crippen molar-refractivity contribution in [2.45, 2.75) is 24.8 Å². The highest BCUT2D eigenvalue weighted by atomic mass is 19.3. The van der Waals surface area contributed by atoms with Crippen molar-refractivity contribution in [1.29, 1.82) is 0 Å². The van der Waals surface area contributed by atoms with Gasteiger partial charge in [-0.1, -0.05) is 24.0 Å². The van der Waals surface area contributed by atoms with Gasteiger partial charge in [-0.15, -0.1) is 0 Å². The molecule has 2 fully saturated rings. The van der Waals surface area contributed by atoms with Crippen LogP contribution in [0.4, 0.5) is 19.0 Å². The molecular formula is C31H30F3N5O. The Hall–Kier alpha value is -3.87. The van der Waals surface area contributed by atoms with Gasteiger partial charge in [0, 0.05) is 80.2 Å². The summed E-state index contributed by atoms with van der Waals surface area (Å²) < 4.78 is 46.1. The van der Waals surface area contributed by atoms with Crippen LogP contribution in [0.1, 0.15) is 51.5 Å². The van der Waals surface area contributed by atoms with Crippen molar-refractivity contribution in [3.05, 3.63) is 82.3 Å². The van der Waals surface area contributed by atoms with Crippen molar-refractivity contribution in [3.63, 3.8) is 0 Å². The number of anilines is 1. The molecule has 2 aromatic carbocycles. The molecule has 0 radical (unpaired) electrons. The predicted octanol–water partition coefficient (Wildman–Crippen LogP) is 4.38. The van der Waals surface area contributed by atoms with E-state index in [1.807, 2.05) is 13.1 Å². The maximum atomic E-state index is 15.4. The fraction of sp³-hybridized carbons (Fsp3) is 0.355. The van der Waals surface area contributed by atoms with Gasteiger partial charge in [-0.3, -0.25) is 9.69 Å². The number of pyridine rings is 1. The Morgan fingerprint density at radius 3 is 2.50 bits per heavy atom. The van der Waals surface area contributed by atoms with E-state index >= 15 is 13.2 Å². The van der Waals surface area contributed by atoms with E-state index in [4.69, 9.17) is 5.73 Å². The lowest BCUT2D eigenvalue weighted by Gasteiger charge is -2.36. The normalized spacial score (nSPS) is 20.4. The second kappa shape index (κ2) is 10.3. The number of rotatable bonds is 4. The van der Waals surface area contributed by atoms with Crippen molar-refractivity contribution in [1.82, 2.24) is 14.8 Å². The molecule has 2 N–H and O–H groups in total. The largest absolute Gasteiger partial charge is 0.366 e. The number of hydrogen-bond acceptors (Lipinski definition) is 5. The molecule has 9 heteroatoms. The topological polar surface area (TPSA) is 65.7 Å². The first-order valence-corrected chi connectivity index (χ1v) is 13.5. The Balaban J connectivity index is 1.42. The summed E-state index contributed by atoms with van der Waals surface area (Å²) in [6.45, 7) is 4.90. The van der Waals surface area contributed by atoms with E-state index in [2.05, 4.69) is 31.5 Å². The van der Waals surface area contributed by atoms with Gasteiger partial charge in [-0.2, -0.15) is 0 Å². The summed E-state index contributed by atoms with van der Waals surface area (Å²) in [4.78, 5) is 23.2. The van der Waals surface area contributed by atoms with Crippen LogP contribution in [0.5, 0.6) is 0 Å². The van der Waals surface area contributed by atoms with Crippen LogP contribution in [0, 0.1) is 17.7 Å². The van der Waals surface area contributed by atoms with Crippen LogP contribution in [0.25, 0.3) is 11.1 Å². The third-order valence-electron chi connectivity index (χ3n) is 8.20. The monoisotopic (exact) mass is 545 g/mol. The van der Waals surface area contributed by atoms with Crippen LogP contribution >= 0.6 is 0 Å². The van der Waals surface area contributed by atoms with Gasteiger partial charge in [0.1, 0.15) is 11.6 Å². The number of amides is 1. The van der Waals surface area contributed by atoms with Gasteiger partial charge in [-0.05, 0) is 54.9 Å². The molecule has 1 unspecified atom stereocenters. The first kappa shape index (κ1) is 26.4. The Morgan fingerprint density at radius 2 is 1.80 bits per heavy atom. The van der Waals surface area contributed by atoms with E-state index in [9.17, 15) is 4.79 Å². The maximum absolute atomic E-state index is 15.4. The molecule has 0 saturated carbocycles. The molecule has 6 rings (SSSR count). The quantitative estimate of drug-likeness (QED) is 0.493. The van der Waals surface area contributed by atoms with Crippen LogP contribution in [-0.4, -0.2) is 67.0 Å². The van der Waals surface area contributed by atoms with Crippen LogP contribution in [0.3, 0.4) is 0 Å². The number of fused-ring (bicyclic) bond motifs is 1. The Kier molecular flexibility index (Phi) is 6.77. The highest BCUT2D eigenvalue weighted by Gasteiger charge is 2.47. The van der Waals surface area contributed by atoms with E-state index in [1.165, 1.54) is 12.1 Å². The molecule has 6 nitrogen and oxygen atoms in total. The summed E-state index contributed by atoms with van der Waals surface area (Å²) in [6.07, 6.45) is 2.44. The molecule has 3 heterocycles. The minimum Gasteiger partial charge on any atom is -0.366 e. The fourth-order valence-electron chi connectivity index (χ4n) is 5.79. The molecule has 1 aliphatic carbocycles. The molecule has 2 aliphatic heterocycles. The number of carbonyl (C=O) groups is 1. The molecule has 1 atom stereocenters. The molecule has 2 saturated heterocycles. The SMILES string of the molecule is CN1CCN(C2CC(F)(F)c3cc(-c4c(C(N)=O)ccc(F)c4C#Cc4ccnc(N5CCC5)c4)ccc32)CC1. The maximum Gasteiger partial charge on any atom is 0.275 e. The van der Waals surface area contributed by atoms with Gasteiger partial charge in [0.2, 0.25) is 5.91 Å². The predicted molar refractivity (Wildman–Crippen MR) is 148 cm³/mol. The third-order valence-corrected chi connectivity index (χ3v) is 8.20. The van der Waals surface area contributed by atoms with E-state index in [1.54, 1.807) is 24.4 Å². The van der Waals surface area contributed by atoms with Crippen LogP contribution in [0.2, 0.25) is 0 Å². The van der Waals surface area contributed by atoms with Gasteiger partial charge < -0.3 is 15.5 Å². The number of carbonyl (C=O) groups excluding carboxylic acids is 1. The first-order valence-electron chi connectivity index (χ1n) is 13.5. The third kappa shape index (κ3) is 4.82. The summed E-state index contributed by atoms with van der Waals surface area (Å²) >= 11 is 0. The molecule has 3 aliphatic rings. The van der Waals surface area contributed by atoms with Gasteiger partial charge >= 0.3 is 0 Å². The average Bonchev–Trinajstić information content (AvgIpc) is 3.17. The van der Waals surface area contributed by atoms with Crippen molar-refractivity contribution < 1.29 is 18.0 Å². The lowest BCUT2D eigenvalue weighted by molar-refractivity contribution is -0.0257. The molecule has 3 aromatic rings. The minimum absolute atomic E-state index is 0.0265. The molecule has 40 heavy (non-hydrogen) atoms. The molecule has 0 bridgehead atoms. The van der Waals surface area contributed by atoms with Crippen LogP contribution in [0.15, 0.2) is 48.7 Å². The van der Waals surface area contributed by atoms with E-state index < -0.39 is 23.7 Å². The Labute approximate surface area is 231 Å². The zero-order chi connectivity index (χ0) is 28.0. The number of hydrogen-bond donors (Lipinski definition) is 1. The standard InChI is InChI=1S/C31H30F3N5O/c1-37-13-15-38(16-14-37)27-19-31(33,34)25-18-21(4-6-22(25)27)29-23(26(32)8-7-24(29)30(35)40)5-3-20-9-10-36-28(17-20)39-11-2-12-39/h4,6-10,17-18,27H,2,11-16,19H2,1H3,(H2,35,40). The number of primary amides is 1. The molecule has 206 valence electrons. The van der Waals surface area contributed by atoms with Crippen LogP contribution < -0.4 is 10.6 Å². The van der Waals surface area contributed by atoms with Gasteiger partial charge in [-0.25, -0.2) is 18.2 Å². The van der Waals surface area contributed by atoms with E-state index in [-0.39, 0.29) is 34.2 Å². The molecular weight excluding hydrogens is 515 g/mol. The van der Waals surface area contributed by atoms with E-state index in [0.717, 1.165) is 44.5 Å². The summed E-state index contributed by atoms with van der Waals surface area (Å²) in [5, 5.41) is 0. The van der Waals surface area contributed by atoms with Crippen LogP contribution in [-0.2, 0) is 5.92 Å². The number of nitrogens with two attached hydrogens (primary N) is 1. The minimum atomic E-state index is -3.06. The van der Waals surface area contributed by atoms with Crippen molar-refractivity contribution in [3.8, 4) is 23.0 Å². The number of halogens is 3. The average molecular weight is 546 g/mol. The lowest BCUT2D eigenvalue weighted by Crippen LogP contribution is -2.45. The van der Waals surface area contributed by atoms with Crippen molar-refractivity contribution in [2.24, 2.45) is 5.73 Å². The second-order valence-electron chi connectivity index (χ2n) is 10.8. The molecule has 1 amide bonds. The summed E-state index contributed by atoms with van der Waals surface area (Å²) in [5.41, 5.74) is 7.14. The zero-order valence-electron chi connectivity index (χ0n) is 22.3. The highest BCUT2D eigenvalue weighted by Crippen LogP contribution is 2.51. The fourth-order valence-corrected chi connectivity index (χ4v) is 5.79. The number of aromatic nitrogens is 1. The second-order valence-corrected chi connectivity index (χ2v) is 10.8. The highest BCUT2D eigenvalue weighted by molar-refractivity contribution is 6.01. The number of nitrogens with zero attached hydrogens (tertiary/aromatic N) is 4. The molecule has 0 spiro atoms. The van der Waals surface area contributed by atoms with Crippen molar-refractivity contribution >= 4 is 11.7 Å². The van der Waals surface area contributed by atoms with Gasteiger partial charge in [0.25, 0.3) is 5.92 Å². The number of likely N-dealkylation sites (N-methyl/N-ethyl adjacent to an activating group) is 1. The summed E-state index contributed by atoms with van der Waals surface area (Å²) in [5.74, 6) is 2.13. The van der Waals surface area contributed by atoms with E-state index in [0.29, 0.717) is 24.2 Å². The number of piperazine rings is 1. The Bertz CT molecular complexity index is 1530. The zero-order valence-corrected chi connectivity index (χ0v) is 22.3. The Morgan fingerprint density at radius 1 is 1.02 bits per heavy atom. The molecule has 1 aromatic heterocycles. The van der Waals surface area contributed by atoms with Gasteiger partial charge in [0.05, 0.1) is 5.56 Å². The summed E-state index contributed by atoms with van der Waals surface area (Å²) in [7, 11) is 2.02. The summed E-state index contributed by atoms with van der Waals surface area (Å²) in [6, 6.07) is 10.3. The van der Waals surface area contributed by atoms with Crippen molar-refractivity contribution in [2.75, 3.05) is 51.2 Å². The van der Waals surface area contributed by atoms with Gasteiger partial charge in [0.15, 0.2) is 0 Å². The smallest absolute Gasteiger partial charge is 0.275 e. The first-order chi connectivity index (χ1) is 19.2. The number of benzene rings is 2. The number of alkyl halides is 2.